The number of nitrogens with one attached hydrogen (secondary N) is 1. The molecule has 168 valence electrons. The lowest BCUT2D eigenvalue weighted by atomic mass is 9.82. The molecule has 3 rings (SSSR count). The van der Waals surface area contributed by atoms with E-state index in [-0.39, 0.29) is 18.5 Å². The van der Waals surface area contributed by atoms with E-state index in [1.165, 1.54) is 12.1 Å². The second-order valence-electron chi connectivity index (χ2n) is 7.86. The molecule has 1 atom stereocenters. The van der Waals surface area contributed by atoms with Gasteiger partial charge in [0, 0.05) is 24.0 Å². The van der Waals surface area contributed by atoms with Gasteiger partial charge in [0.1, 0.15) is 5.82 Å². The number of rotatable bonds is 7. The van der Waals surface area contributed by atoms with E-state index in [4.69, 9.17) is 9.47 Å². The summed E-state index contributed by atoms with van der Waals surface area (Å²) >= 11 is 0. The molecular weight excluding hydrogens is 411 g/mol. The van der Waals surface area contributed by atoms with Crippen LogP contribution in [0.5, 0.6) is 0 Å². The van der Waals surface area contributed by atoms with Crippen molar-refractivity contribution in [2.24, 2.45) is 0 Å². The fraction of sp³-hybridized carbons (Fsp3) is 0.320. The van der Waals surface area contributed by atoms with E-state index in [9.17, 15) is 14.0 Å². The topological polar surface area (TPSA) is 77.5 Å². The first-order chi connectivity index (χ1) is 15.3. The van der Waals surface area contributed by atoms with Crippen molar-refractivity contribution < 1.29 is 23.5 Å². The maximum absolute atomic E-state index is 13.2. The zero-order valence-corrected chi connectivity index (χ0v) is 18.6. The third kappa shape index (κ3) is 5.41. The number of hydrogen-bond acceptors (Lipinski definition) is 6. The van der Waals surface area contributed by atoms with Gasteiger partial charge in [0.2, 0.25) is 0 Å². The van der Waals surface area contributed by atoms with Crippen molar-refractivity contribution in [2.45, 2.75) is 46.1 Å². The van der Waals surface area contributed by atoms with Gasteiger partial charge in [-0.3, -0.25) is 4.98 Å². The number of carbonyl (C=O) groups is 2. The summed E-state index contributed by atoms with van der Waals surface area (Å²) in [5, 5.41) is 3.12. The maximum Gasteiger partial charge on any atom is 0.337 e. The van der Waals surface area contributed by atoms with Crippen LogP contribution in [0, 0.1) is 5.82 Å². The predicted octanol–water partition coefficient (Wildman–Crippen LogP) is 4.19. The van der Waals surface area contributed by atoms with Crippen LogP contribution < -0.4 is 5.32 Å². The third-order valence-electron chi connectivity index (χ3n) is 5.06. The van der Waals surface area contributed by atoms with Crippen molar-refractivity contribution in [3.05, 3.63) is 88.3 Å². The van der Waals surface area contributed by atoms with Crippen LogP contribution in [0.15, 0.2) is 71.2 Å². The summed E-state index contributed by atoms with van der Waals surface area (Å²) in [7, 11) is 0. The fourth-order valence-corrected chi connectivity index (χ4v) is 3.65. The lowest BCUT2D eigenvalue weighted by Gasteiger charge is -2.30. The van der Waals surface area contributed by atoms with E-state index in [1.54, 1.807) is 64.2 Å². The summed E-state index contributed by atoms with van der Waals surface area (Å²) in [4.78, 5) is 30.5. The molecule has 1 N–H and O–H groups in total. The molecule has 1 unspecified atom stereocenters. The van der Waals surface area contributed by atoms with E-state index in [2.05, 4.69) is 10.3 Å². The molecule has 0 saturated heterocycles. The molecule has 0 amide bonds. The number of pyridine rings is 1. The minimum Gasteiger partial charge on any atom is -0.462 e. The van der Waals surface area contributed by atoms with Crippen LogP contribution >= 0.6 is 0 Å². The van der Waals surface area contributed by atoms with Crippen molar-refractivity contribution in [2.75, 3.05) is 6.61 Å². The molecule has 2 heterocycles. The van der Waals surface area contributed by atoms with E-state index in [0.29, 0.717) is 34.7 Å². The zero-order valence-electron chi connectivity index (χ0n) is 18.6. The van der Waals surface area contributed by atoms with Crippen LogP contribution in [0.1, 0.15) is 44.9 Å². The summed E-state index contributed by atoms with van der Waals surface area (Å²) in [5.74, 6) is -2.09. The number of dihydropyridines is 1. The fourth-order valence-electron chi connectivity index (χ4n) is 3.65. The van der Waals surface area contributed by atoms with Gasteiger partial charge in [0.25, 0.3) is 0 Å². The smallest absolute Gasteiger partial charge is 0.337 e. The summed E-state index contributed by atoms with van der Waals surface area (Å²) in [5.41, 5.74) is 3.23. The molecule has 0 aliphatic carbocycles. The molecule has 0 bridgehead atoms. The quantitative estimate of drug-likeness (QED) is 0.653. The molecule has 0 saturated carbocycles. The number of ether oxygens (including phenoxy) is 2. The van der Waals surface area contributed by atoms with Gasteiger partial charge in [-0.05, 0) is 57.5 Å². The SMILES string of the molecule is CC1=C(C(=O)OCCc2ccc(F)cc2)C(c2ccccn2)C(C(=O)OC(C)C)=C(C)N1. The summed E-state index contributed by atoms with van der Waals surface area (Å²) in [6, 6.07) is 11.4. The Labute approximate surface area is 187 Å². The highest BCUT2D eigenvalue weighted by Gasteiger charge is 2.39. The molecule has 1 aliphatic rings. The molecular formula is C25H27FN2O4. The molecule has 7 heteroatoms. The number of hydrogen-bond donors (Lipinski definition) is 1. The van der Waals surface area contributed by atoms with Crippen LogP contribution in [0.2, 0.25) is 0 Å². The number of benzene rings is 1. The third-order valence-corrected chi connectivity index (χ3v) is 5.06. The van der Waals surface area contributed by atoms with Crippen molar-refractivity contribution >= 4 is 11.9 Å². The average Bonchev–Trinajstić information content (AvgIpc) is 2.74. The minimum absolute atomic E-state index is 0.116. The molecule has 2 aromatic rings. The Kier molecular flexibility index (Phi) is 7.41. The monoisotopic (exact) mass is 438 g/mol. The first kappa shape index (κ1) is 23.2. The number of halogens is 1. The first-order valence-electron chi connectivity index (χ1n) is 10.5. The molecule has 6 nitrogen and oxygen atoms in total. The number of nitrogens with zero attached hydrogens (tertiary/aromatic N) is 1. The average molecular weight is 438 g/mol. The maximum atomic E-state index is 13.2. The normalized spacial score (nSPS) is 16.1. The van der Waals surface area contributed by atoms with E-state index >= 15 is 0 Å². The largest absolute Gasteiger partial charge is 0.462 e. The highest BCUT2D eigenvalue weighted by Crippen LogP contribution is 2.38. The zero-order chi connectivity index (χ0) is 23.3. The highest BCUT2D eigenvalue weighted by molar-refractivity contribution is 5.99. The Hall–Kier alpha value is -3.48. The Balaban J connectivity index is 1.87. The molecule has 1 aromatic carbocycles. The second-order valence-corrected chi connectivity index (χ2v) is 7.86. The van der Waals surface area contributed by atoms with E-state index in [0.717, 1.165) is 5.56 Å². The van der Waals surface area contributed by atoms with Crippen LogP contribution in [0.3, 0.4) is 0 Å². The van der Waals surface area contributed by atoms with Gasteiger partial charge in [-0.1, -0.05) is 18.2 Å². The van der Waals surface area contributed by atoms with Gasteiger partial charge in [-0.2, -0.15) is 0 Å². The lowest BCUT2D eigenvalue weighted by molar-refractivity contribution is -0.143. The van der Waals surface area contributed by atoms with Crippen molar-refractivity contribution in [3.63, 3.8) is 0 Å². The van der Waals surface area contributed by atoms with Crippen molar-refractivity contribution in [1.82, 2.24) is 10.3 Å². The standard InChI is InChI=1S/C25H27FN2O4/c1-15(2)32-25(30)22-17(4)28-16(3)21(23(22)20-7-5-6-13-27-20)24(29)31-14-12-18-8-10-19(26)11-9-18/h5-11,13,15,23,28H,12,14H2,1-4H3. The Morgan fingerprint density at radius 1 is 1.03 bits per heavy atom. The number of aromatic nitrogens is 1. The first-order valence-corrected chi connectivity index (χ1v) is 10.5. The van der Waals surface area contributed by atoms with Gasteiger partial charge in [-0.25, -0.2) is 14.0 Å². The molecule has 0 radical (unpaired) electrons. The number of allylic oxidation sites excluding steroid dienone is 2. The van der Waals surface area contributed by atoms with Crippen LogP contribution in [0.4, 0.5) is 4.39 Å². The molecule has 0 spiro atoms. The minimum atomic E-state index is -0.720. The number of carbonyl (C=O) groups excluding carboxylic acids is 2. The molecule has 0 fully saturated rings. The van der Waals surface area contributed by atoms with Gasteiger partial charge in [0.15, 0.2) is 0 Å². The number of esters is 2. The molecule has 1 aliphatic heterocycles. The lowest BCUT2D eigenvalue weighted by Crippen LogP contribution is -2.33. The van der Waals surface area contributed by atoms with E-state index in [1.807, 2.05) is 0 Å². The summed E-state index contributed by atoms with van der Waals surface area (Å²) in [6.07, 6.45) is 1.74. The van der Waals surface area contributed by atoms with Gasteiger partial charge < -0.3 is 14.8 Å². The van der Waals surface area contributed by atoms with Crippen molar-refractivity contribution in [1.29, 1.82) is 0 Å². The van der Waals surface area contributed by atoms with Crippen LogP contribution in [0.25, 0.3) is 0 Å². The van der Waals surface area contributed by atoms with E-state index < -0.39 is 17.9 Å². The Bertz CT molecular complexity index is 1040. The highest BCUT2D eigenvalue weighted by atomic mass is 19.1. The summed E-state index contributed by atoms with van der Waals surface area (Å²) < 4.78 is 24.1. The Morgan fingerprint density at radius 3 is 2.28 bits per heavy atom. The second kappa shape index (κ2) is 10.2. The predicted molar refractivity (Wildman–Crippen MR) is 118 cm³/mol. The van der Waals surface area contributed by atoms with Crippen LogP contribution in [-0.4, -0.2) is 29.6 Å². The van der Waals surface area contributed by atoms with Gasteiger partial charge in [0.05, 0.1) is 35.5 Å². The van der Waals surface area contributed by atoms with Gasteiger partial charge in [-0.15, -0.1) is 0 Å². The Morgan fingerprint density at radius 2 is 1.69 bits per heavy atom. The molecule has 1 aromatic heterocycles. The van der Waals surface area contributed by atoms with Crippen molar-refractivity contribution in [3.8, 4) is 0 Å². The summed E-state index contributed by atoms with van der Waals surface area (Å²) in [6.45, 7) is 7.19. The van der Waals surface area contributed by atoms with Crippen LogP contribution in [-0.2, 0) is 25.5 Å². The molecule has 32 heavy (non-hydrogen) atoms. The van der Waals surface area contributed by atoms with Gasteiger partial charge >= 0.3 is 11.9 Å².